The van der Waals surface area contributed by atoms with Crippen molar-refractivity contribution in [3.8, 4) is 5.88 Å². The predicted molar refractivity (Wildman–Crippen MR) is 76.9 cm³/mol. The molecule has 0 aliphatic heterocycles. The predicted octanol–water partition coefficient (Wildman–Crippen LogP) is 2.33. The molecule has 1 heterocycles. The van der Waals surface area contributed by atoms with Crippen molar-refractivity contribution in [3.05, 3.63) is 11.8 Å². The lowest BCUT2D eigenvalue weighted by atomic mass is 9.96. The van der Waals surface area contributed by atoms with E-state index in [2.05, 4.69) is 15.3 Å². The van der Waals surface area contributed by atoms with E-state index < -0.39 is 5.54 Å². The average Bonchev–Trinajstić information content (AvgIpc) is 2.37. The Morgan fingerprint density at radius 3 is 2.65 bits per heavy atom. The van der Waals surface area contributed by atoms with Crippen LogP contribution in [0.15, 0.2) is 6.07 Å². The Morgan fingerprint density at radius 2 is 2.10 bits per heavy atom. The fraction of sp³-hybridized carbons (Fsp3) is 0.643. The quantitative estimate of drug-likeness (QED) is 0.773. The third-order valence-electron chi connectivity index (χ3n) is 2.90. The first kappa shape index (κ1) is 16.2. The summed E-state index contributed by atoms with van der Waals surface area (Å²) in [6.45, 7) is 8.06. The maximum absolute atomic E-state index is 12.0. The van der Waals surface area contributed by atoms with E-state index in [9.17, 15) is 4.79 Å². The lowest BCUT2D eigenvalue weighted by Gasteiger charge is -2.27. The zero-order valence-corrected chi connectivity index (χ0v) is 12.8. The van der Waals surface area contributed by atoms with Gasteiger partial charge < -0.3 is 14.8 Å². The normalized spacial score (nSPS) is 13.4. The fourth-order valence-electron chi connectivity index (χ4n) is 2.01. The standard InChI is InChI=1S/C14H23N3O3/c1-6-8-14(4,12(18)19-5)17-13-15-10(3)9-11(16-13)20-7-2/h9H,6-8H2,1-5H3,(H,15,16,17). The molecule has 1 N–H and O–H groups in total. The summed E-state index contributed by atoms with van der Waals surface area (Å²) in [5.74, 6) is 0.531. The molecule has 1 rings (SSSR count). The molecule has 1 aromatic heterocycles. The summed E-state index contributed by atoms with van der Waals surface area (Å²) in [7, 11) is 1.38. The number of rotatable bonds is 7. The summed E-state index contributed by atoms with van der Waals surface area (Å²) in [5.41, 5.74) is -0.0736. The maximum Gasteiger partial charge on any atom is 0.331 e. The summed E-state index contributed by atoms with van der Waals surface area (Å²) in [5, 5.41) is 3.07. The molecule has 1 aromatic rings. The fourth-order valence-corrected chi connectivity index (χ4v) is 2.01. The van der Waals surface area contributed by atoms with Gasteiger partial charge >= 0.3 is 5.97 Å². The van der Waals surface area contributed by atoms with E-state index in [0.717, 1.165) is 12.1 Å². The summed E-state index contributed by atoms with van der Waals surface area (Å²) < 4.78 is 10.2. The first-order valence-corrected chi connectivity index (χ1v) is 6.80. The van der Waals surface area contributed by atoms with Crippen LogP contribution < -0.4 is 10.1 Å². The van der Waals surface area contributed by atoms with Gasteiger partial charge in [0.15, 0.2) is 0 Å². The molecule has 20 heavy (non-hydrogen) atoms. The van der Waals surface area contributed by atoms with Crippen LogP contribution in [0.3, 0.4) is 0 Å². The smallest absolute Gasteiger partial charge is 0.331 e. The third-order valence-corrected chi connectivity index (χ3v) is 2.90. The topological polar surface area (TPSA) is 73.3 Å². The number of carbonyl (C=O) groups excluding carboxylic acids is 1. The summed E-state index contributed by atoms with van der Waals surface area (Å²) in [6.07, 6.45) is 1.46. The van der Waals surface area contributed by atoms with Gasteiger partial charge in [-0.05, 0) is 27.2 Å². The van der Waals surface area contributed by atoms with Crippen molar-refractivity contribution in [2.45, 2.75) is 46.1 Å². The molecule has 1 unspecified atom stereocenters. The van der Waals surface area contributed by atoms with Gasteiger partial charge in [-0.3, -0.25) is 0 Å². The van der Waals surface area contributed by atoms with Crippen LogP contribution in [0.25, 0.3) is 0 Å². The van der Waals surface area contributed by atoms with Gasteiger partial charge in [0.2, 0.25) is 11.8 Å². The van der Waals surface area contributed by atoms with Crippen LogP contribution >= 0.6 is 0 Å². The number of carbonyl (C=O) groups is 1. The SMILES string of the molecule is CCCC(C)(Nc1nc(C)cc(OCC)n1)C(=O)OC. The molecule has 6 nitrogen and oxygen atoms in total. The number of hydrogen-bond donors (Lipinski definition) is 1. The minimum Gasteiger partial charge on any atom is -0.478 e. The van der Waals surface area contributed by atoms with Crippen molar-refractivity contribution in [1.29, 1.82) is 0 Å². The Kier molecular flexibility index (Phi) is 5.73. The van der Waals surface area contributed by atoms with E-state index in [1.54, 1.807) is 13.0 Å². The zero-order chi connectivity index (χ0) is 15.2. The number of anilines is 1. The molecular formula is C14H23N3O3. The Bertz CT molecular complexity index is 465. The highest BCUT2D eigenvalue weighted by Gasteiger charge is 2.34. The summed E-state index contributed by atoms with van der Waals surface area (Å²) in [6, 6.07) is 1.75. The van der Waals surface area contributed by atoms with Crippen molar-refractivity contribution >= 4 is 11.9 Å². The van der Waals surface area contributed by atoms with Crippen LogP contribution in [0, 0.1) is 6.92 Å². The van der Waals surface area contributed by atoms with Crippen LogP contribution in [0.5, 0.6) is 5.88 Å². The van der Waals surface area contributed by atoms with Crippen LogP contribution in [0.1, 0.15) is 39.3 Å². The highest BCUT2D eigenvalue weighted by Crippen LogP contribution is 2.21. The number of aromatic nitrogens is 2. The minimum absolute atomic E-state index is 0.331. The van der Waals surface area contributed by atoms with Crippen LogP contribution in [-0.2, 0) is 9.53 Å². The van der Waals surface area contributed by atoms with Crippen molar-refractivity contribution in [1.82, 2.24) is 9.97 Å². The molecular weight excluding hydrogens is 258 g/mol. The van der Waals surface area contributed by atoms with E-state index in [4.69, 9.17) is 9.47 Å². The number of nitrogens with zero attached hydrogens (tertiary/aromatic N) is 2. The van der Waals surface area contributed by atoms with Crippen LogP contribution in [0.4, 0.5) is 5.95 Å². The van der Waals surface area contributed by atoms with Crippen LogP contribution in [-0.4, -0.2) is 35.2 Å². The molecule has 0 amide bonds. The first-order valence-electron chi connectivity index (χ1n) is 6.80. The Morgan fingerprint density at radius 1 is 1.40 bits per heavy atom. The van der Waals surface area contributed by atoms with Gasteiger partial charge in [0.1, 0.15) is 5.54 Å². The van der Waals surface area contributed by atoms with Gasteiger partial charge in [-0.15, -0.1) is 0 Å². The molecule has 0 bridgehead atoms. The van der Waals surface area contributed by atoms with Gasteiger partial charge in [-0.25, -0.2) is 9.78 Å². The molecule has 0 aliphatic rings. The molecule has 0 aromatic carbocycles. The molecule has 0 saturated heterocycles. The minimum atomic E-state index is -0.846. The highest BCUT2D eigenvalue weighted by molar-refractivity contribution is 5.83. The van der Waals surface area contributed by atoms with Crippen molar-refractivity contribution in [2.24, 2.45) is 0 Å². The Hall–Kier alpha value is -1.85. The van der Waals surface area contributed by atoms with E-state index in [0.29, 0.717) is 24.9 Å². The van der Waals surface area contributed by atoms with Gasteiger partial charge in [-0.2, -0.15) is 4.98 Å². The summed E-state index contributed by atoms with van der Waals surface area (Å²) in [4.78, 5) is 20.5. The highest BCUT2D eigenvalue weighted by atomic mass is 16.5. The van der Waals surface area contributed by atoms with E-state index in [-0.39, 0.29) is 5.97 Å². The number of aryl methyl sites for hydroxylation is 1. The van der Waals surface area contributed by atoms with Gasteiger partial charge in [0, 0.05) is 11.8 Å². The first-order chi connectivity index (χ1) is 9.45. The number of ether oxygens (including phenoxy) is 2. The van der Waals surface area contributed by atoms with Crippen molar-refractivity contribution in [3.63, 3.8) is 0 Å². The second-order valence-electron chi connectivity index (χ2n) is 4.80. The molecule has 1 atom stereocenters. The second kappa shape index (κ2) is 7.07. The van der Waals surface area contributed by atoms with E-state index >= 15 is 0 Å². The van der Waals surface area contributed by atoms with E-state index in [1.807, 2.05) is 20.8 Å². The molecule has 0 spiro atoms. The van der Waals surface area contributed by atoms with Gasteiger partial charge in [-0.1, -0.05) is 13.3 Å². The second-order valence-corrected chi connectivity index (χ2v) is 4.80. The molecule has 112 valence electrons. The molecule has 0 aliphatic carbocycles. The number of nitrogens with one attached hydrogen (secondary N) is 1. The summed E-state index contributed by atoms with van der Waals surface area (Å²) >= 11 is 0. The maximum atomic E-state index is 12.0. The van der Waals surface area contributed by atoms with Crippen molar-refractivity contribution in [2.75, 3.05) is 19.0 Å². The van der Waals surface area contributed by atoms with Gasteiger partial charge in [0.25, 0.3) is 0 Å². The molecule has 0 fully saturated rings. The zero-order valence-electron chi connectivity index (χ0n) is 12.8. The van der Waals surface area contributed by atoms with Gasteiger partial charge in [0.05, 0.1) is 13.7 Å². The van der Waals surface area contributed by atoms with E-state index in [1.165, 1.54) is 7.11 Å². The van der Waals surface area contributed by atoms with Crippen LogP contribution in [0.2, 0.25) is 0 Å². The average molecular weight is 281 g/mol. The largest absolute Gasteiger partial charge is 0.478 e. The molecule has 6 heteroatoms. The lowest BCUT2D eigenvalue weighted by molar-refractivity contribution is -0.145. The number of methoxy groups -OCH3 is 1. The molecule has 0 radical (unpaired) electrons. The lowest BCUT2D eigenvalue weighted by Crippen LogP contribution is -2.44. The monoisotopic (exact) mass is 281 g/mol. The van der Waals surface area contributed by atoms with Crippen molar-refractivity contribution < 1.29 is 14.3 Å². The number of esters is 1. The number of hydrogen-bond acceptors (Lipinski definition) is 6. The third kappa shape index (κ3) is 4.08. The Labute approximate surface area is 119 Å². The Balaban J connectivity index is 3.01. The molecule has 0 saturated carbocycles.